The number of fused-ring (bicyclic) bond motifs is 1. The van der Waals surface area contributed by atoms with Crippen molar-refractivity contribution in [3.8, 4) is 5.75 Å². The minimum atomic E-state index is -3.28. The number of phenolic OH excluding ortho intramolecular Hbond substituents is 1. The van der Waals surface area contributed by atoms with Crippen molar-refractivity contribution in [2.75, 3.05) is 12.3 Å². The molecule has 1 aliphatic heterocycles. The molecule has 1 unspecified atom stereocenters. The van der Waals surface area contributed by atoms with Gasteiger partial charge in [-0.1, -0.05) is 42.5 Å². The number of hydrogen-bond donors (Lipinski definition) is 3. The maximum Gasteiger partial charge on any atom is 0.154 e. The van der Waals surface area contributed by atoms with E-state index >= 15 is 0 Å². The number of hydrogen-bond acceptors (Lipinski definition) is 4. The largest absolute Gasteiger partial charge is 0.507 e. The van der Waals surface area contributed by atoms with Crippen molar-refractivity contribution in [2.24, 2.45) is 0 Å². The van der Waals surface area contributed by atoms with Crippen molar-refractivity contribution in [2.45, 2.75) is 24.6 Å². The van der Waals surface area contributed by atoms with Crippen LogP contribution in [0.25, 0.3) is 16.5 Å². The monoisotopic (exact) mass is 396 g/mol. The van der Waals surface area contributed by atoms with E-state index in [1.54, 1.807) is 18.3 Å². The Bertz CT molecular complexity index is 1100. The van der Waals surface area contributed by atoms with Gasteiger partial charge in [-0.3, -0.25) is 0 Å². The average molecular weight is 397 g/mol. The summed E-state index contributed by atoms with van der Waals surface area (Å²) >= 11 is 0. The summed E-state index contributed by atoms with van der Waals surface area (Å²) in [6.07, 6.45) is 5.25. The molecule has 28 heavy (non-hydrogen) atoms. The molecule has 0 saturated heterocycles. The number of H-pyrrole nitrogens is 1. The van der Waals surface area contributed by atoms with Gasteiger partial charge in [-0.2, -0.15) is 0 Å². The summed E-state index contributed by atoms with van der Waals surface area (Å²) in [5.74, 6) is 0.154. The molecule has 0 radical (unpaired) electrons. The zero-order valence-electron chi connectivity index (χ0n) is 15.6. The zero-order chi connectivity index (χ0) is 19.6. The standard InChI is InChI=1S/C22H24N2O3S/c25-21-8-4-7-20-22(21)18(14-24-20)15-28(26,27)12-10-19-13-17(9-11-23-19)16-5-2-1-3-6-16/h1-9,14,19,23-25H,10-13,15H2. The third kappa shape index (κ3) is 4.13. The predicted octanol–water partition coefficient (Wildman–Crippen LogP) is 3.62. The minimum Gasteiger partial charge on any atom is -0.507 e. The summed E-state index contributed by atoms with van der Waals surface area (Å²) < 4.78 is 25.4. The number of benzene rings is 2. The molecule has 1 aliphatic rings. The maximum atomic E-state index is 12.7. The fourth-order valence-electron chi connectivity index (χ4n) is 3.84. The van der Waals surface area contributed by atoms with E-state index in [4.69, 9.17) is 0 Å². The van der Waals surface area contributed by atoms with E-state index < -0.39 is 9.84 Å². The van der Waals surface area contributed by atoms with E-state index in [0.717, 1.165) is 18.5 Å². The summed E-state index contributed by atoms with van der Waals surface area (Å²) in [6.45, 7) is 0.755. The SMILES string of the molecule is O=S(=O)(CCC1CC(c2ccccc2)=CCN1)Cc1c[nH]c2cccc(O)c12. The first-order chi connectivity index (χ1) is 13.5. The Morgan fingerprint density at radius 3 is 2.71 bits per heavy atom. The van der Waals surface area contributed by atoms with Crippen LogP contribution in [0.2, 0.25) is 0 Å². The number of aromatic nitrogens is 1. The van der Waals surface area contributed by atoms with E-state index in [2.05, 4.69) is 28.5 Å². The first kappa shape index (κ1) is 18.8. The molecule has 0 bridgehead atoms. The summed E-state index contributed by atoms with van der Waals surface area (Å²) in [5.41, 5.74) is 3.83. The molecule has 2 aromatic carbocycles. The summed E-state index contributed by atoms with van der Waals surface area (Å²) in [6, 6.07) is 15.5. The Kier molecular flexibility index (Phi) is 5.24. The molecule has 3 N–H and O–H groups in total. The third-order valence-electron chi connectivity index (χ3n) is 5.28. The number of sulfone groups is 1. The summed E-state index contributed by atoms with van der Waals surface area (Å²) in [5, 5.41) is 14.1. The van der Waals surface area contributed by atoms with Crippen LogP contribution in [0, 0.1) is 0 Å². The Hall–Kier alpha value is -2.57. The van der Waals surface area contributed by atoms with Crippen LogP contribution in [0.1, 0.15) is 24.0 Å². The molecule has 146 valence electrons. The highest BCUT2D eigenvalue weighted by Crippen LogP contribution is 2.29. The Labute approximate surface area is 165 Å². The normalized spacial score (nSPS) is 17.6. The lowest BCUT2D eigenvalue weighted by Gasteiger charge is -2.24. The summed E-state index contributed by atoms with van der Waals surface area (Å²) in [4.78, 5) is 3.04. The molecule has 3 aromatic rings. The number of phenols is 1. The van der Waals surface area contributed by atoms with Gasteiger partial charge in [-0.05, 0) is 41.7 Å². The van der Waals surface area contributed by atoms with E-state index in [9.17, 15) is 13.5 Å². The number of aromatic amines is 1. The van der Waals surface area contributed by atoms with E-state index in [-0.39, 0.29) is 23.3 Å². The van der Waals surface area contributed by atoms with Crippen molar-refractivity contribution in [1.29, 1.82) is 0 Å². The quantitative estimate of drug-likeness (QED) is 0.594. The van der Waals surface area contributed by atoms with Gasteiger partial charge in [0.25, 0.3) is 0 Å². The van der Waals surface area contributed by atoms with Gasteiger partial charge >= 0.3 is 0 Å². The highest BCUT2D eigenvalue weighted by atomic mass is 32.2. The van der Waals surface area contributed by atoms with Crippen molar-refractivity contribution in [1.82, 2.24) is 10.3 Å². The first-order valence-electron chi connectivity index (χ1n) is 9.48. The van der Waals surface area contributed by atoms with Crippen LogP contribution < -0.4 is 5.32 Å². The lowest BCUT2D eigenvalue weighted by atomic mass is 9.94. The van der Waals surface area contributed by atoms with Crippen LogP contribution >= 0.6 is 0 Å². The van der Waals surface area contributed by atoms with Gasteiger partial charge in [0.15, 0.2) is 9.84 Å². The van der Waals surface area contributed by atoms with E-state index in [0.29, 0.717) is 17.4 Å². The second-order valence-electron chi connectivity index (χ2n) is 7.30. The van der Waals surface area contributed by atoms with Crippen molar-refractivity contribution < 1.29 is 13.5 Å². The third-order valence-corrected chi connectivity index (χ3v) is 6.89. The zero-order valence-corrected chi connectivity index (χ0v) is 16.4. The van der Waals surface area contributed by atoms with Gasteiger partial charge in [0.2, 0.25) is 0 Å². The van der Waals surface area contributed by atoms with Gasteiger partial charge in [-0.25, -0.2) is 8.42 Å². The molecule has 6 heteroatoms. The fourth-order valence-corrected chi connectivity index (χ4v) is 5.33. The van der Waals surface area contributed by atoms with Crippen LogP contribution in [-0.2, 0) is 15.6 Å². The number of nitrogens with one attached hydrogen (secondary N) is 2. The van der Waals surface area contributed by atoms with Crippen LogP contribution in [-0.4, -0.2) is 36.8 Å². The molecular formula is C22H24N2O3S. The van der Waals surface area contributed by atoms with Crippen LogP contribution in [0.3, 0.4) is 0 Å². The maximum absolute atomic E-state index is 12.7. The number of rotatable bonds is 6. The highest BCUT2D eigenvalue weighted by molar-refractivity contribution is 7.90. The molecule has 0 amide bonds. The number of aromatic hydroxyl groups is 1. The Balaban J connectivity index is 1.41. The molecule has 1 aromatic heterocycles. The Morgan fingerprint density at radius 2 is 1.89 bits per heavy atom. The molecule has 2 heterocycles. The lowest BCUT2D eigenvalue weighted by molar-refractivity contribution is 0.481. The van der Waals surface area contributed by atoms with E-state index in [1.807, 2.05) is 24.3 Å². The van der Waals surface area contributed by atoms with Gasteiger partial charge in [-0.15, -0.1) is 0 Å². The molecular weight excluding hydrogens is 372 g/mol. The Morgan fingerprint density at radius 1 is 1.07 bits per heavy atom. The molecule has 0 fully saturated rings. The smallest absolute Gasteiger partial charge is 0.154 e. The molecule has 0 spiro atoms. The molecule has 4 rings (SSSR count). The molecule has 0 saturated carbocycles. The fraction of sp³-hybridized carbons (Fsp3) is 0.273. The minimum absolute atomic E-state index is 0.0708. The summed E-state index contributed by atoms with van der Waals surface area (Å²) in [7, 11) is -3.28. The van der Waals surface area contributed by atoms with Crippen molar-refractivity contribution >= 4 is 26.3 Å². The van der Waals surface area contributed by atoms with Crippen molar-refractivity contribution in [3.63, 3.8) is 0 Å². The highest BCUT2D eigenvalue weighted by Gasteiger charge is 2.21. The van der Waals surface area contributed by atoms with Gasteiger partial charge in [0.05, 0.1) is 11.5 Å². The average Bonchev–Trinajstić information content (AvgIpc) is 3.11. The van der Waals surface area contributed by atoms with Crippen LogP contribution in [0.5, 0.6) is 5.75 Å². The molecule has 0 aliphatic carbocycles. The molecule has 1 atom stereocenters. The lowest BCUT2D eigenvalue weighted by Crippen LogP contribution is -2.34. The van der Waals surface area contributed by atoms with Gasteiger partial charge in [0.1, 0.15) is 5.75 Å². The molecule has 5 nitrogen and oxygen atoms in total. The van der Waals surface area contributed by atoms with Crippen LogP contribution in [0.15, 0.2) is 60.8 Å². The van der Waals surface area contributed by atoms with Crippen LogP contribution in [0.4, 0.5) is 0 Å². The topological polar surface area (TPSA) is 82.2 Å². The van der Waals surface area contributed by atoms with E-state index in [1.165, 1.54) is 11.1 Å². The second-order valence-corrected chi connectivity index (χ2v) is 9.48. The first-order valence-corrected chi connectivity index (χ1v) is 11.3. The van der Waals surface area contributed by atoms with Gasteiger partial charge in [0, 0.05) is 29.7 Å². The second kappa shape index (κ2) is 7.81. The van der Waals surface area contributed by atoms with Gasteiger partial charge < -0.3 is 15.4 Å². The van der Waals surface area contributed by atoms with Crippen molar-refractivity contribution in [3.05, 3.63) is 71.9 Å². The predicted molar refractivity (Wildman–Crippen MR) is 113 cm³/mol.